The van der Waals surface area contributed by atoms with Gasteiger partial charge in [0.25, 0.3) is 5.91 Å². The molecule has 0 radical (unpaired) electrons. The topological polar surface area (TPSA) is 79.3 Å². The van der Waals surface area contributed by atoms with Crippen molar-refractivity contribution < 1.29 is 14.7 Å². The van der Waals surface area contributed by atoms with E-state index >= 15 is 0 Å². The Morgan fingerprint density at radius 1 is 1.37 bits per heavy atom. The molecule has 5 nitrogen and oxygen atoms in total. The highest BCUT2D eigenvalue weighted by Crippen LogP contribution is 2.17. The first kappa shape index (κ1) is 13.2. The summed E-state index contributed by atoms with van der Waals surface area (Å²) < 4.78 is 0. The number of thiazole rings is 1. The van der Waals surface area contributed by atoms with Gasteiger partial charge in [-0.2, -0.15) is 0 Å². The van der Waals surface area contributed by atoms with Crippen molar-refractivity contribution in [1.82, 2.24) is 4.98 Å². The van der Waals surface area contributed by atoms with E-state index in [0.717, 1.165) is 5.56 Å². The van der Waals surface area contributed by atoms with Crippen LogP contribution in [0, 0.1) is 6.92 Å². The zero-order valence-corrected chi connectivity index (χ0v) is 11.0. The summed E-state index contributed by atoms with van der Waals surface area (Å²) in [6.45, 7) is 1.85. The first-order chi connectivity index (χ1) is 9.06. The summed E-state index contributed by atoms with van der Waals surface area (Å²) in [6, 6.07) is 7.24. The standard InChI is InChI=1S/C13H12N2O3S/c1-8-4-2-3-5-10(8)12(18)15-13-14-9(7-19-13)6-11(16)17/h2-5,7H,6H2,1H3,(H,16,17)(H,14,15,18). The lowest BCUT2D eigenvalue weighted by molar-refractivity contribution is -0.136. The molecule has 1 aromatic carbocycles. The minimum absolute atomic E-state index is 0.142. The number of carbonyl (C=O) groups is 2. The van der Waals surface area contributed by atoms with Gasteiger partial charge in [0, 0.05) is 10.9 Å². The predicted octanol–water partition coefficient (Wildman–Crippen LogP) is 2.33. The number of hydrogen-bond donors (Lipinski definition) is 2. The molecule has 1 heterocycles. The number of anilines is 1. The number of benzene rings is 1. The Bertz CT molecular complexity index is 622. The molecule has 0 saturated heterocycles. The average Bonchev–Trinajstić information content (AvgIpc) is 2.76. The van der Waals surface area contributed by atoms with Gasteiger partial charge in [0.05, 0.1) is 12.1 Å². The Kier molecular flexibility index (Phi) is 3.91. The van der Waals surface area contributed by atoms with E-state index < -0.39 is 5.97 Å². The molecule has 0 aliphatic carbocycles. The SMILES string of the molecule is Cc1ccccc1C(=O)Nc1nc(CC(=O)O)cs1. The number of aliphatic carboxylic acids is 1. The van der Waals surface area contributed by atoms with Crippen molar-refractivity contribution in [3.8, 4) is 0 Å². The van der Waals surface area contributed by atoms with E-state index in [1.54, 1.807) is 17.5 Å². The third-order valence-corrected chi connectivity index (χ3v) is 3.30. The van der Waals surface area contributed by atoms with E-state index in [-0.39, 0.29) is 12.3 Å². The van der Waals surface area contributed by atoms with E-state index in [9.17, 15) is 9.59 Å². The lowest BCUT2D eigenvalue weighted by Crippen LogP contribution is -2.13. The molecule has 1 aromatic heterocycles. The van der Waals surface area contributed by atoms with Crippen molar-refractivity contribution in [2.24, 2.45) is 0 Å². The molecule has 0 aliphatic rings. The first-order valence-electron chi connectivity index (χ1n) is 5.59. The number of carboxylic acid groups (broad SMARTS) is 1. The molecule has 1 amide bonds. The van der Waals surface area contributed by atoms with Crippen LogP contribution in [0.1, 0.15) is 21.6 Å². The fourth-order valence-electron chi connectivity index (χ4n) is 1.59. The minimum Gasteiger partial charge on any atom is -0.481 e. The average molecular weight is 276 g/mol. The number of aromatic nitrogens is 1. The molecular formula is C13H12N2O3S. The molecule has 0 aliphatic heterocycles. The summed E-state index contributed by atoms with van der Waals surface area (Å²) in [5.41, 5.74) is 1.90. The smallest absolute Gasteiger partial charge is 0.309 e. The lowest BCUT2D eigenvalue weighted by atomic mass is 10.1. The Labute approximate surface area is 113 Å². The maximum absolute atomic E-state index is 12.0. The largest absolute Gasteiger partial charge is 0.481 e. The monoisotopic (exact) mass is 276 g/mol. The summed E-state index contributed by atoms with van der Waals surface area (Å²) in [4.78, 5) is 26.6. The molecule has 0 saturated carbocycles. The van der Waals surface area contributed by atoms with Crippen molar-refractivity contribution in [1.29, 1.82) is 0 Å². The fraction of sp³-hybridized carbons (Fsp3) is 0.154. The Hall–Kier alpha value is -2.21. The molecule has 0 atom stereocenters. The van der Waals surface area contributed by atoms with E-state index in [2.05, 4.69) is 10.3 Å². The second-order valence-corrected chi connectivity index (χ2v) is 4.84. The van der Waals surface area contributed by atoms with Gasteiger partial charge < -0.3 is 5.11 Å². The van der Waals surface area contributed by atoms with Crippen LogP contribution in [-0.4, -0.2) is 22.0 Å². The van der Waals surface area contributed by atoms with Crippen LogP contribution in [0.4, 0.5) is 5.13 Å². The Morgan fingerprint density at radius 3 is 2.79 bits per heavy atom. The fourth-order valence-corrected chi connectivity index (χ4v) is 2.30. The molecule has 0 bridgehead atoms. The van der Waals surface area contributed by atoms with Gasteiger partial charge >= 0.3 is 5.97 Å². The molecule has 2 N–H and O–H groups in total. The normalized spacial score (nSPS) is 10.2. The molecule has 0 spiro atoms. The van der Waals surface area contributed by atoms with Crippen LogP contribution in [-0.2, 0) is 11.2 Å². The highest BCUT2D eigenvalue weighted by Gasteiger charge is 2.11. The summed E-state index contributed by atoms with van der Waals surface area (Å²) in [7, 11) is 0. The van der Waals surface area contributed by atoms with Crippen LogP contribution in [0.15, 0.2) is 29.6 Å². The van der Waals surface area contributed by atoms with Gasteiger partial charge in [0.2, 0.25) is 0 Å². The lowest BCUT2D eigenvalue weighted by Gasteiger charge is -2.04. The molecule has 98 valence electrons. The van der Waals surface area contributed by atoms with Crippen molar-refractivity contribution in [3.63, 3.8) is 0 Å². The highest BCUT2D eigenvalue weighted by molar-refractivity contribution is 7.14. The maximum Gasteiger partial charge on any atom is 0.309 e. The van der Waals surface area contributed by atoms with E-state index in [0.29, 0.717) is 16.4 Å². The van der Waals surface area contributed by atoms with Crippen molar-refractivity contribution in [3.05, 3.63) is 46.5 Å². The second-order valence-electron chi connectivity index (χ2n) is 3.98. The minimum atomic E-state index is -0.943. The number of nitrogens with one attached hydrogen (secondary N) is 1. The van der Waals surface area contributed by atoms with Crippen LogP contribution in [0.25, 0.3) is 0 Å². The van der Waals surface area contributed by atoms with Crippen LogP contribution >= 0.6 is 11.3 Å². The van der Waals surface area contributed by atoms with Gasteiger partial charge in [0.1, 0.15) is 0 Å². The summed E-state index contributed by atoms with van der Waals surface area (Å²) in [6.07, 6.45) is -0.142. The molecule has 0 fully saturated rings. The van der Waals surface area contributed by atoms with Gasteiger partial charge in [-0.15, -0.1) is 11.3 Å². The second kappa shape index (κ2) is 5.62. The molecule has 2 aromatic rings. The quantitative estimate of drug-likeness (QED) is 0.898. The number of hydrogen-bond acceptors (Lipinski definition) is 4. The number of carboxylic acids is 1. The van der Waals surface area contributed by atoms with Crippen LogP contribution in [0.2, 0.25) is 0 Å². The van der Waals surface area contributed by atoms with Crippen molar-refractivity contribution in [2.75, 3.05) is 5.32 Å². The van der Waals surface area contributed by atoms with Crippen molar-refractivity contribution >= 4 is 28.3 Å². The zero-order chi connectivity index (χ0) is 13.8. The van der Waals surface area contributed by atoms with Gasteiger partial charge in [0.15, 0.2) is 5.13 Å². The zero-order valence-electron chi connectivity index (χ0n) is 10.2. The van der Waals surface area contributed by atoms with E-state index in [1.165, 1.54) is 11.3 Å². The summed E-state index contributed by atoms with van der Waals surface area (Å²) >= 11 is 1.21. The van der Waals surface area contributed by atoms with E-state index in [1.807, 2.05) is 19.1 Å². The van der Waals surface area contributed by atoms with Crippen molar-refractivity contribution in [2.45, 2.75) is 13.3 Å². The van der Waals surface area contributed by atoms with Gasteiger partial charge in [-0.25, -0.2) is 4.98 Å². The first-order valence-corrected chi connectivity index (χ1v) is 6.47. The Morgan fingerprint density at radius 2 is 2.11 bits per heavy atom. The van der Waals surface area contributed by atoms with Crippen LogP contribution < -0.4 is 5.32 Å². The van der Waals surface area contributed by atoms with Crippen LogP contribution in [0.5, 0.6) is 0 Å². The molecule has 0 unspecified atom stereocenters. The number of aryl methyl sites for hydroxylation is 1. The number of nitrogens with zero attached hydrogens (tertiary/aromatic N) is 1. The Balaban J connectivity index is 2.09. The number of amides is 1. The van der Waals surface area contributed by atoms with E-state index in [4.69, 9.17) is 5.11 Å². The van der Waals surface area contributed by atoms with Gasteiger partial charge in [-0.1, -0.05) is 18.2 Å². The third-order valence-electron chi connectivity index (χ3n) is 2.49. The molecule has 2 rings (SSSR count). The summed E-state index contributed by atoms with van der Waals surface area (Å²) in [5, 5.41) is 13.4. The number of carbonyl (C=O) groups excluding carboxylic acids is 1. The molecular weight excluding hydrogens is 264 g/mol. The van der Waals surface area contributed by atoms with Gasteiger partial charge in [-0.05, 0) is 18.6 Å². The van der Waals surface area contributed by atoms with Gasteiger partial charge in [-0.3, -0.25) is 14.9 Å². The highest BCUT2D eigenvalue weighted by atomic mass is 32.1. The predicted molar refractivity (Wildman–Crippen MR) is 72.6 cm³/mol. The van der Waals surface area contributed by atoms with Crippen LogP contribution in [0.3, 0.4) is 0 Å². The maximum atomic E-state index is 12.0. The molecule has 19 heavy (non-hydrogen) atoms. The third kappa shape index (κ3) is 3.38. The molecule has 6 heteroatoms. The summed E-state index contributed by atoms with van der Waals surface area (Å²) in [5.74, 6) is -1.18. The number of rotatable bonds is 4.